The molecule has 1 saturated heterocycles. The van der Waals surface area contributed by atoms with Crippen molar-refractivity contribution < 1.29 is 4.79 Å². The Balaban J connectivity index is 1.97. The Morgan fingerprint density at radius 3 is 2.90 bits per heavy atom. The van der Waals surface area contributed by atoms with Crippen LogP contribution < -0.4 is 11.3 Å². The lowest BCUT2D eigenvalue weighted by Crippen LogP contribution is -2.33. The van der Waals surface area contributed by atoms with Crippen LogP contribution in [-0.2, 0) is 0 Å². The molecule has 0 radical (unpaired) electrons. The van der Waals surface area contributed by atoms with Gasteiger partial charge in [0.2, 0.25) is 5.56 Å². The van der Waals surface area contributed by atoms with E-state index in [1.54, 1.807) is 4.90 Å². The fourth-order valence-electron chi connectivity index (χ4n) is 2.95. The number of fused-ring (bicyclic) bond motifs is 1. The van der Waals surface area contributed by atoms with Crippen molar-refractivity contribution in [3.8, 4) is 0 Å². The summed E-state index contributed by atoms with van der Waals surface area (Å²) in [5, 5.41) is 0.784. The highest BCUT2D eigenvalue weighted by Crippen LogP contribution is 2.23. The van der Waals surface area contributed by atoms with E-state index in [2.05, 4.69) is 4.98 Å². The number of carbonyl (C=O) groups is 1. The maximum atomic E-state index is 12.7. The van der Waals surface area contributed by atoms with Gasteiger partial charge in [-0.2, -0.15) is 0 Å². The zero-order valence-corrected chi connectivity index (χ0v) is 12.0. The molecule has 3 N–H and O–H groups in total. The Kier molecular flexibility index (Phi) is 3.51. The number of H-pyrrole nitrogens is 1. The predicted octanol–water partition coefficient (Wildman–Crippen LogP) is 1.34. The molecule has 1 fully saturated rings. The molecule has 110 valence electrons. The molecule has 2 heterocycles. The second-order valence-corrected chi connectivity index (χ2v) is 5.75. The molecule has 21 heavy (non-hydrogen) atoms. The Morgan fingerprint density at radius 1 is 1.43 bits per heavy atom. The minimum absolute atomic E-state index is 0.0821. The highest BCUT2D eigenvalue weighted by atomic mass is 16.2. The smallest absolute Gasteiger partial charge is 0.254 e. The van der Waals surface area contributed by atoms with Crippen LogP contribution in [0.3, 0.4) is 0 Å². The quantitative estimate of drug-likeness (QED) is 0.874. The van der Waals surface area contributed by atoms with E-state index in [0.29, 0.717) is 30.1 Å². The molecule has 5 heteroatoms. The summed E-state index contributed by atoms with van der Waals surface area (Å²) in [7, 11) is 0. The van der Waals surface area contributed by atoms with Crippen molar-refractivity contribution in [2.45, 2.75) is 19.4 Å². The SMILES string of the molecule is CC(N)C1CCN(C(=O)c2cc(=O)[nH]c3ccccc23)C1. The van der Waals surface area contributed by atoms with Gasteiger partial charge in [0.15, 0.2) is 0 Å². The summed E-state index contributed by atoms with van der Waals surface area (Å²) < 4.78 is 0. The van der Waals surface area contributed by atoms with E-state index >= 15 is 0 Å². The maximum Gasteiger partial charge on any atom is 0.254 e. The van der Waals surface area contributed by atoms with Crippen LogP contribution in [0.15, 0.2) is 35.1 Å². The molecule has 2 unspecified atom stereocenters. The van der Waals surface area contributed by atoms with Gasteiger partial charge in [0, 0.05) is 36.1 Å². The van der Waals surface area contributed by atoms with Gasteiger partial charge in [-0.05, 0) is 25.3 Å². The number of aromatic amines is 1. The summed E-state index contributed by atoms with van der Waals surface area (Å²) >= 11 is 0. The van der Waals surface area contributed by atoms with Crippen molar-refractivity contribution in [2.75, 3.05) is 13.1 Å². The number of likely N-dealkylation sites (tertiary alicyclic amines) is 1. The van der Waals surface area contributed by atoms with E-state index in [9.17, 15) is 9.59 Å². The Hall–Kier alpha value is -2.14. The molecule has 0 spiro atoms. The number of nitrogens with two attached hydrogens (primary N) is 1. The van der Waals surface area contributed by atoms with Gasteiger partial charge in [-0.1, -0.05) is 18.2 Å². The maximum absolute atomic E-state index is 12.7. The Morgan fingerprint density at radius 2 is 2.19 bits per heavy atom. The van der Waals surface area contributed by atoms with E-state index in [-0.39, 0.29) is 17.5 Å². The van der Waals surface area contributed by atoms with Gasteiger partial charge in [0.25, 0.3) is 5.91 Å². The summed E-state index contributed by atoms with van der Waals surface area (Å²) in [6.07, 6.45) is 0.921. The highest BCUT2D eigenvalue weighted by Gasteiger charge is 2.29. The molecule has 3 rings (SSSR count). The van der Waals surface area contributed by atoms with Gasteiger partial charge in [-0.25, -0.2) is 0 Å². The first kappa shape index (κ1) is 13.8. The van der Waals surface area contributed by atoms with Crippen LogP contribution in [0.1, 0.15) is 23.7 Å². The number of rotatable bonds is 2. The molecule has 0 bridgehead atoms. The second kappa shape index (κ2) is 5.33. The lowest BCUT2D eigenvalue weighted by Gasteiger charge is -2.19. The molecule has 1 aliphatic rings. The van der Waals surface area contributed by atoms with Crippen molar-refractivity contribution in [3.63, 3.8) is 0 Å². The summed E-state index contributed by atoms with van der Waals surface area (Å²) in [6.45, 7) is 3.34. The molecule has 0 aliphatic carbocycles. The fourth-order valence-corrected chi connectivity index (χ4v) is 2.95. The van der Waals surface area contributed by atoms with E-state index in [0.717, 1.165) is 11.8 Å². The van der Waals surface area contributed by atoms with Crippen LogP contribution in [0.5, 0.6) is 0 Å². The van der Waals surface area contributed by atoms with Gasteiger partial charge < -0.3 is 15.6 Å². The lowest BCUT2D eigenvalue weighted by atomic mass is 10.0. The van der Waals surface area contributed by atoms with Crippen LogP contribution in [-0.4, -0.2) is 34.9 Å². The van der Waals surface area contributed by atoms with Crippen LogP contribution in [0.4, 0.5) is 0 Å². The number of nitrogens with zero attached hydrogens (tertiary/aromatic N) is 1. The first-order valence-corrected chi connectivity index (χ1v) is 7.23. The summed E-state index contributed by atoms with van der Waals surface area (Å²) in [6, 6.07) is 8.85. The minimum atomic E-state index is -0.250. The van der Waals surface area contributed by atoms with Gasteiger partial charge in [0.05, 0.1) is 5.56 Å². The third kappa shape index (κ3) is 2.56. The normalized spacial score (nSPS) is 19.9. The van der Waals surface area contributed by atoms with E-state index in [4.69, 9.17) is 5.73 Å². The average molecular weight is 285 g/mol. The monoisotopic (exact) mass is 285 g/mol. The number of amides is 1. The van der Waals surface area contributed by atoms with E-state index in [1.165, 1.54) is 6.07 Å². The zero-order chi connectivity index (χ0) is 15.0. The summed E-state index contributed by atoms with van der Waals surface area (Å²) in [4.78, 5) is 29.0. The number of hydrogen-bond acceptors (Lipinski definition) is 3. The Labute approximate surface area is 122 Å². The first-order chi connectivity index (χ1) is 10.1. The first-order valence-electron chi connectivity index (χ1n) is 7.23. The van der Waals surface area contributed by atoms with E-state index in [1.807, 2.05) is 31.2 Å². The molecule has 0 saturated carbocycles. The highest BCUT2D eigenvalue weighted by molar-refractivity contribution is 6.06. The largest absolute Gasteiger partial charge is 0.338 e. The minimum Gasteiger partial charge on any atom is -0.338 e. The van der Waals surface area contributed by atoms with Crippen molar-refractivity contribution in [3.05, 3.63) is 46.2 Å². The molecular formula is C16H19N3O2. The topological polar surface area (TPSA) is 79.2 Å². The molecule has 1 aromatic heterocycles. The van der Waals surface area contributed by atoms with Crippen molar-refractivity contribution in [2.24, 2.45) is 11.7 Å². The third-order valence-corrected chi connectivity index (χ3v) is 4.24. The number of aromatic nitrogens is 1. The van der Waals surface area contributed by atoms with Gasteiger partial charge in [0.1, 0.15) is 0 Å². The molecule has 1 aliphatic heterocycles. The summed E-state index contributed by atoms with van der Waals surface area (Å²) in [5.41, 5.74) is 6.83. The predicted molar refractivity (Wildman–Crippen MR) is 82.2 cm³/mol. The van der Waals surface area contributed by atoms with Gasteiger partial charge >= 0.3 is 0 Å². The molecule has 5 nitrogen and oxygen atoms in total. The number of benzene rings is 1. The number of hydrogen-bond donors (Lipinski definition) is 2. The third-order valence-electron chi connectivity index (χ3n) is 4.24. The van der Waals surface area contributed by atoms with Crippen LogP contribution in [0.25, 0.3) is 10.9 Å². The molecule has 2 atom stereocenters. The number of nitrogens with one attached hydrogen (secondary N) is 1. The van der Waals surface area contributed by atoms with E-state index < -0.39 is 0 Å². The van der Waals surface area contributed by atoms with Crippen LogP contribution in [0, 0.1) is 5.92 Å². The van der Waals surface area contributed by atoms with Crippen molar-refractivity contribution in [1.82, 2.24) is 9.88 Å². The van der Waals surface area contributed by atoms with Crippen LogP contribution >= 0.6 is 0 Å². The second-order valence-electron chi connectivity index (χ2n) is 5.75. The summed E-state index contributed by atoms with van der Waals surface area (Å²) in [5.74, 6) is 0.252. The van der Waals surface area contributed by atoms with Crippen molar-refractivity contribution in [1.29, 1.82) is 0 Å². The van der Waals surface area contributed by atoms with Crippen LogP contribution in [0.2, 0.25) is 0 Å². The van der Waals surface area contributed by atoms with Gasteiger partial charge in [-0.3, -0.25) is 9.59 Å². The molecule has 1 aromatic carbocycles. The molecule has 1 amide bonds. The average Bonchev–Trinajstić information content (AvgIpc) is 2.95. The van der Waals surface area contributed by atoms with Gasteiger partial charge in [-0.15, -0.1) is 0 Å². The zero-order valence-electron chi connectivity index (χ0n) is 12.0. The number of para-hydroxylation sites is 1. The lowest BCUT2D eigenvalue weighted by molar-refractivity contribution is 0.0787. The standard InChI is InChI=1S/C16H19N3O2/c1-10(17)11-6-7-19(9-11)16(21)13-8-15(20)18-14-5-3-2-4-12(13)14/h2-5,8,10-11H,6-7,9,17H2,1H3,(H,18,20). The Bertz CT molecular complexity index is 736. The molecular weight excluding hydrogens is 266 g/mol. The van der Waals surface area contributed by atoms with Crippen molar-refractivity contribution >= 4 is 16.8 Å². The number of carbonyl (C=O) groups excluding carboxylic acids is 1. The molecule has 2 aromatic rings. The fraction of sp³-hybridized carbons (Fsp3) is 0.375. The number of pyridine rings is 1.